The van der Waals surface area contributed by atoms with Crippen molar-refractivity contribution < 1.29 is 22.6 Å². The third kappa shape index (κ3) is 3.61. The van der Waals surface area contributed by atoms with Gasteiger partial charge < -0.3 is 26.3 Å². The highest BCUT2D eigenvalue weighted by molar-refractivity contribution is 5.82. The average molecular weight is 381 g/mol. The minimum atomic E-state index is -3.02. The van der Waals surface area contributed by atoms with Crippen LogP contribution in [0.1, 0.15) is 5.56 Å². The molecule has 1 aromatic heterocycles. The number of alkyl halides is 2. The Morgan fingerprint density at radius 1 is 1.30 bits per heavy atom. The van der Waals surface area contributed by atoms with Crippen LogP contribution in [-0.2, 0) is 10.3 Å². The van der Waals surface area contributed by atoms with Crippen molar-refractivity contribution in [3.05, 3.63) is 41.8 Å². The van der Waals surface area contributed by atoms with E-state index in [4.69, 9.17) is 20.9 Å². The van der Waals surface area contributed by atoms with Crippen molar-refractivity contribution in [1.82, 2.24) is 4.98 Å². The van der Waals surface area contributed by atoms with Gasteiger partial charge in [-0.1, -0.05) is 0 Å². The van der Waals surface area contributed by atoms with Gasteiger partial charge in [-0.05, 0) is 18.2 Å². The smallest absolute Gasteiger partial charge is 0.269 e. The molecule has 0 amide bonds. The molecule has 5 N–H and O–H groups in total. The first-order chi connectivity index (χ1) is 12.9. The number of benzene rings is 1. The van der Waals surface area contributed by atoms with Gasteiger partial charge in [0.2, 0.25) is 0 Å². The largest absolute Gasteiger partial charge is 0.493 e. The number of nitrogen functional groups attached to an aromatic ring is 1. The molecule has 0 radical (unpaired) electrons. The molecule has 27 heavy (non-hydrogen) atoms. The van der Waals surface area contributed by atoms with Gasteiger partial charge in [0.25, 0.3) is 6.43 Å². The van der Waals surface area contributed by atoms with Gasteiger partial charge in [-0.15, -0.1) is 0 Å². The van der Waals surface area contributed by atoms with Gasteiger partial charge in [0.15, 0.2) is 17.1 Å². The van der Waals surface area contributed by atoms with Crippen molar-refractivity contribution in [2.24, 2.45) is 10.7 Å². The normalized spacial score (nSPS) is 19.7. The molecule has 0 unspecified atom stereocenters. The highest BCUT2D eigenvalue weighted by Crippen LogP contribution is 2.38. The number of ether oxygens (including phenoxy) is 2. The van der Waals surface area contributed by atoms with E-state index in [9.17, 15) is 13.2 Å². The van der Waals surface area contributed by atoms with E-state index in [-0.39, 0.29) is 18.0 Å². The van der Waals surface area contributed by atoms with Crippen LogP contribution in [0, 0.1) is 5.82 Å². The number of pyridine rings is 1. The van der Waals surface area contributed by atoms with Crippen LogP contribution in [0.15, 0.2) is 35.5 Å². The number of nitrogens with two attached hydrogens (primary N) is 2. The van der Waals surface area contributed by atoms with Gasteiger partial charge in [0.05, 0.1) is 25.6 Å². The zero-order valence-electron chi connectivity index (χ0n) is 14.4. The molecule has 3 rings (SSSR count). The Labute approximate surface area is 153 Å². The molecule has 0 bridgehead atoms. The fourth-order valence-electron chi connectivity index (χ4n) is 2.78. The van der Waals surface area contributed by atoms with Crippen molar-refractivity contribution in [3.8, 4) is 5.75 Å². The van der Waals surface area contributed by atoms with Gasteiger partial charge in [-0.3, -0.25) is 4.99 Å². The number of rotatable bonds is 5. The predicted molar refractivity (Wildman–Crippen MR) is 95.0 cm³/mol. The number of amidine groups is 1. The molecule has 10 heteroatoms. The van der Waals surface area contributed by atoms with Crippen LogP contribution >= 0.6 is 0 Å². The standard InChI is InChI=1S/C17H18F3N5O2/c1-26-13-4-9(21)6-23-15(13)24-10-2-3-12(18)11(5-10)17(16(19)20)8-27-7-14(22)25-17/h2-6,16H,7-8,21H2,1H3,(H2,22,25)(H,23,24)/t17-/m0/s1. The Morgan fingerprint density at radius 3 is 2.74 bits per heavy atom. The maximum absolute atomic E-state index is 14.4. The highest BCUT2D eigenvalue weighted by Gasteiger charge is 2.46. The molecule has 1 atom stereocenters. The summed E-state index contributed by atoms with van der Waals surface area (Å²) in [6.07, 6.45) is -1.62. The van der Waals surface area contributed by atoms with Crippen LogP contribution in [0.4, 0.5) is 30.4 Å². The lowest BCUT2D eigenvalue weighted by molar-refractivity contribution is -0.0145. The maximum Gasteiger partial charge on any atom is 0.269 e. The number of aromatic nitrogens is 1. The fraction of sp³-hybridized carbons (Fsp3) is 0.294. The van der Waals surface area contributed by atoms with Gasteiger partial charge in [0.1, 0.15) is 18.3 Å². The molecule has 7 nitrogen and oxygen atoms in total. The van der Waals surface area contributed by atoms with Gasteiger partial charge in [-0.2, -0.15) is 0 Å². The third-order valence-corrected chi connectivity index (χ3v) is 4.07. The topological polar surface area (TPSA) is 108 Å². The SMILES string of the molecule is COc1cc(N)cnc1Nc1ccc(F)c([C@]2(C(F)F)COCC(N)=N2)c1. The zero-order chi connectivity index (χ0) is 19.6. The van der Waals surface area contributed by atoms with Crippen molar-refractivity contribution in [2.75, 3.05) is 31.4 Å². The second-order valence-corrected chi connectivity index (χ2v) is 5.96. The molecule has 0 aliphatic carbocycles. The van der Waals surface area contributed by atoms with E-state index in [1.165, 1.54) is 25.4 Å². The molecule has 0 spiro atoms. The number of hydrogen-bond acceptors (Lipinski definition) is 7. The number of nitrogens with zero attached hydrogens (tertiary/aromatic N) is 2. The van der Waals surface area contributed by atoms with Crippen LogP contribution < -0.4 is 21.5 Å². The van der Waals surface area contributed by atoms with Crippen LogP contribution in [-0.4, -0.2) is 37.6 Å². The number of nitrogens with one attached hydrogen (secondary N) is 1. The first-order valence-electron chi connectivity index (χ1n) is 7.92. The van der Waals surface area contributed by atoms with E-state index >= 15 is 0 Å². The second kappa shape index (κ2) is 7.31. The summed E-state index contributed by atoms with van der Waals surface area (Å²) >= 11 is 0. The number of methoxy groups -OCH3 is 1. The number of halogens is 3. The van der Waals surface area contributed by atoms with E-state index in [0.29, 0.717) is 22.9 Å². The number of anilines is 3. The Morgan fingerprint density at radius 2 is 2.07 bits per heavy atom. The summed E-state index contributed by atoms with van der Waals surface area (Å²) in [6, 6.07) is 5.21. The zero-order valence-corrected chi connectivity index (χ0v) is 14.4. The molecule has 2 heterocycles. The van der Waals surface area contributed by atoms with Crippen molar-refractivity contribution in [1.29, 1.82) is 0 Å². The summed E-state index contributed by atoms with van der Waals surface area (Å²) in [6.45, 7) is -0.574. The summed E-state index contributed by atoms with van der Waals surface area (Å²) in [5.41, 5.74) is 9.36. The summed E-state index contributed by atoms with van der Waals surface area (Å²) in [7, 11) is 1.43. The lowest BCUT2D eigenvalue weighted by Crippen LogP contribution is -2.45. The van der Waals surface area contributed by atoms with Crippen LogP contribution in [0.3, 0.4) is 0 Å². The lowest BCUT2D eigenvalue weighted by atomic mass is 9.90. The quantitative estimate of drug-likeness (QED) is 0.734. The Hall–Kier alpha value is -3.01. The summed E-state index contributed by atoms with van der Waals surface area (Å²) in [5, 5.41) is 2.90. The molecule has 2 aromatic rings. The van der Waals surface area contributed by atoms with Crippen LogP contribution in [0.2, 0.25) is 0 Å². The Kier molecular flexibility index (Phi) is 5.08. The highest BCUT2D eigenvalue weighted by atomic mass is 19.3. The average Bonchev–Trinajstić information content (AvgIpc) is 2.64. The summed E-state index contributed by atoms with van der Waals surface area (Å²) in [4.78, 5) is 7.93. The molecule has 0 fully saturated rings. The monoisotopic (exact) mass is 381 g/mol. The van der Waals surface area contributed by atoms with Crippen LogP contribution in [0.25, 0.3) is 0 Å². The molecule has 0 saturated carbocycles. The van der Waals surface area contributed by atoms with E-state index in [1.54, 1.807) is 6.07 Å². The molecule has 1 aromatic carbocycles. The molecule has 1 aliphatic heterocycles. The predicted octanol–water partition coefficient (Wildman–Crippen LogP) is 2.40. The Balaban J connectivity index is 2.03. The molecular formula is C17H18F3N5O2. The van der Waals surface area contributed by atoms with Gasteiger partial charge in [0, 0.05) is 17.3 Å². The number of hydrogen-bond donors (Lipinski definition) is 3. The van der Waals surface area contributed by atoms with E-state index in [2.05, 4.69) is 15.3 Å². The first kappa shape index (κ1) is 18.8. The van der Waals surface area contributed by atoms with E-state index in [1.807, 2.05) is 0 Å². The van der Waals surface area contributed by atoms with E-state index in [0.717, 1.165) is 6.07 Å². The van der Waals surface area contributed by atoms with Crippen molar-refractivity contribution in [2.45, 2.75) is 12.0 Å². The molecular weight excluding hydrogens is 363 g/mol. The maximum atomic E-state index is 14.4. The second-order valence-electron chi connectivity index (χ2n) is 5.96. The van der Waals surface area contributed by atoms with Gasteiger partial charge in [-0.25, -0.2) is 18.2 Å². The minimum Gasteiger partial charge on any atom is -0.493 e. The molecule has 1 aliphatic rings. The summed E-state index contributed by atoms with van der Waals surface area (Å²) in [5.74, 6) is -0.340. The van der Waals surface area contributed by atoms with Crippen molar-refractivity contribution in [3.63, 3.8) is 0 Å². The van der Waals surface area contributed by atoms with E-state index < -0.39 is 24.4 Å². The Bertz CT molecular complexity index is 878. The van der Waals surface area contributed by atoms with Crippen molar-refractivity contribution >= 4 is 23.0 Å². The van der Waals surface area contributed by atoms with Gasteiger partial charge >= 0.3 is 0 Å². The minimum absolute atomic E-state index is 0.0828. The fourth-order valence-corrected chi connectivity index (χ4v) is 2.78. The molecule has 144 valence electrons. The number of aliphatic imine (C=N–C) groups is 1. The van der Waals surface area contributed by atoms with Crippen LogP contribution in [0.5, 0.6) is 5.75 Å². The first-order valence-corrected chi connectivity index (χ1v) is 7.92. The molecule has 0 saturated heterocycles. The summed E-state index contributed by atoms with van der Waals surface area (Å²) < 4.78 is 52.5. The third-order valence-electron chi connectivity index (χ3n) is 4.07. The lowest BCUT2D eigenvalue weighted by Gasteiger charge is -2.33.